The molecule has 0 fully saturated rings. The molecule has 0 spiro atoms. The topological polar surface area (TPSA) is 40.5 Å². The van der Waals surface area contributed by atoms with Crippen molar-refractivity contribution in [3.8, 4) is 0 Å². The molecule has 140 valence electrons. The van der Waals surface area contributed by atoms with E-state index in [1.165, 1.54) is 0 Å². The molecule has 27 heavy (non-hydrogen) atoms. The van der Waals surface area contributed by atoms with Crippen LogP contribution in [0.15, 0.2) is 60.7 Å². The predicted molar refractivity (Wildman–Crippen MR) is 95.8 cm³/mol. The van der Waals surface area contributed by atoms with Crippen LogP contribution < -0.4 is 0 Å². The molecule has 3 heteroatoms. The van der Waals surface area contributed by atoms with Gasteiger partial charge >= 0.3 is 0 Å². The first-order valence-corrected chi connectivity index (χ1v) is 7.99. The van der Waals surface area contributed by atoms with Gasteiger partial charge in [0.15, 0.2) is 0 Å². The van der Waals surface area contributed by atoms with Gasteiger partial charge in [-0.1, -0.05) is 84.0 Å². The zero-order valence-corrected chi connectivity index (χ0v) is 15.3. The summed E-state index contributed by atoms with van der Waals surface area (Å²) in [5, 5.41) is 19.6. The number of rotatable bonds is 4. The third-order valence-electron chi connectivity index (χ3n) is 3.69. The maximum atomic E-state index is 9.78. The fourth-order valence-corrected chi connectivity index (χ4v) is 2.33. The molecule has 0 amide bonds. The molecule has 0 aromatic heterocycles. The third-order valence-corrected chi connectivity index (χ3v) is 3.69. The molecule has 4 aromatic rings. The minimum absolute atomic E-state index is 0. The van der Waals surface area contributed by atoms with E-state index in [1.807, 2.05) is 60.7 Å². The second-order valence-electron chi connectivity index (χ2n) is 5.45. The van der Waals surface area contributed by atoms with Gasteiger partial charge in [0, 0.05) is 17.1 Å². The van der Waals surface area contributed by atoms with Crippen LogP contribution in [0.4, 0.5) is 0 Å². The molecule has 0 saturated carbocycles. The largest absolute Gasteiger partial charge is 0.998 e. The summed E-state index contributed by atoms with van der Waals surface area (Å²) >= 11 is 0. The standard InChI is InChI=1S/2C12H7O.Fe/c2*13-12(11-8-4-5-9-11)10-6-2-1-3-7-10;/h2*1-3,6-7,12-13H;/q2*-5;/t2*12-;/m11./s1. The van der Waals surface area contributed by atoms with Crippen molar-refractivity contribution in [1.82, 2.24) is 0 Å². The molecule has 4 rings (SSSR count). The quantitative estimate of drug-likeness (QED) is 0.415. The van der Waals surface area contributed by atoms with Gasteiger partial charge in [-0.25, -0.2) is 0 Å². The molecule has 2 N–H and O–H groups in total. The van der Waals surface area contributed by atoms with Crippen molar-refractivity contribution in [1.29, 1.82) is 0 Å². The van der Waals surface area contributed by atoms with Crippen LogP contribution in [0.3, 0.4) is 0 Å². The van der Waals surface area contributed by atoms with E-state index in [0.29, 0.717) is 11.1 Å². The van der Waals surface area contributed by atoms with Crippen LogP contribution in [0.1, 0.15) is 34.5 Å². The van der Waals surface area contributed by atoms with Gasteiger partial charge in [-0.2, -0.15) is 0 Å². The fraction of sp³-hybridized carbons (Fsp3) is 0.0833. The van der Waals surface area contributed by atoms with Gasteiger partial charge in [0.25, 0.3) is 0 Å². The predicted octanol–water partition coefficient (Wildman–Crippen LogP) is 3.37. The molecular formula is C24H14FeO2-10. The molecule has 2 atom stereocenters. The van der Waals surface area contributed by atoms with E-state index in [2.05, 4.69) is 48.5 Å². The Bertz CT molecular complexity index is 778. The first kappa shape index (κ1) is 20.9. The maximum Gasteiger partial charge on any atom is 0 e. The van der Waals surface area contributed by atoms with E-state index in [1.54, 1.807) is 0 Å². The Kier molecular flexibility index (Phi) is 8.25. The van der Waals surface area contributed by atoms with E-state index in [9.17, 15) is 10.2 Å². The maximum absolute atomic E-state index is 9.78. The second-order valence-corrected chi connectivity index (χ2v) is 5.45. The molecule has 0 radical (unpaired) electrons. The van der Waals surface area contributed by atoms with Crippen LogP contribution in [0.5, 0.6) is 0 Å². The summed E-state index contributed by atoms with van der Waals surface area (Å²) in [6.07, 6.45) is -1.33. The van der Waals surface area contributed by atoms with Crippen LogP contribution in [0.2, 0.25) is 0 Å². The smallest absolute Gasteiger partial charge is 0 e. The second kappa shape index (κ2) is 10.7. The molecule has 4 aromatic carbocycles. The summed E-state index contributed by atoms with van der Waals surface area (Å²) < 4.78 is 0. The molecule has 0 bridgehead atoms. The Morgan fingerprint density at radius 2 is 0.852 bits per heavy atom. The van der Waals surface area contributed by atoms with Gasteiger partial charge in [-0.15, -0.1) is 0 Å². The van der Waals surface area contributed by atoms with E-state index in [-0.39, 0.29) is 17.1 Å². The number of benzene rings is 2. The number of hydrogen-bond acceptors (Lipinski definition) is 2. The van der Waals surface area contributed by atoms with E-state index in [0.717, 1.165) is 11.1 Å². The summed E-state index contributed by atoms with van der Waals surface area (Å²) in [5.41, 5.74) is 2.85. The zero-order valence-electron chi connectivity index (χ0n) is 14.2. The van der Waals surface area contributed by atoms with E-state index < -0.39 is 12.2 Å². The zero-order chi connectivity index (χ0) is 18.2. The van der Waals surface area contributed by atoms with Crippen molar-refractivity contribution in [2.24, 2.45) is 0 Å². The normalized spacial score (nSPS) is 12.2. The summed E-state index contributed by atoms with van der Waals surface area (Å²) in [6, 6.07) is 40.3. The summed E-state index contributed by atoms with van der Waals surface area (Å²) in [5.74, 6) is 0. The monoisotopic (exact) mass is 390 g/mol. The van der Waals surface area contributed by atoms with Crippen LogP contribution in [0.25, 0.3) is 0 Å². The van der Waals surface area contributed by atoms with Gasteiger partial charge in [0.05, 0.1) is 0 Å². The Balaban J connectivity index is 0.000000187. The van der Waals surface area contributed by atoms with Crippen molar-refractivity contribution in [2.45, 2.75) is 12.2 Å². The molecule has 0 aliphatic heterocycles. The Morgan fingerprint density at radius 1 is 0.556 bits per heavy atom. The van der Waals surface area contributed by atoms with Crippen molar-refractivity contribution in [2.75, 3.05) is 0 Å². The average Bonchev–Trinajstić information content (AvgIpc) is 3.43. The molecule has 0 heterocycles. The van der Waals surface area contributed by atoms with Crippen molar-refractivity contribution >= 4 is 0 Å². The van der Waals surface area contributed by atoms with Crippen LogP contribution in [0, 0.1) is 48.5 Å². The van der Waals surface area contributed by atoms with Gasteiger partial charge in [0.1, 0.15) is 0 Å². The first-order chi connectivity index (χ1) is 12.8. The number of aliphatic hydroxyl groups is 2. The minimum Gasteiger partial charge on any atom is -0.998 e. The molecular weight excluding hydrogens is 376 g/mol. The first-order valence-electron chi connectivity index (χ1n) is 7.99. The van der Waals surface area contributed by atoms with Gasteiger partial charge in [0.2, 0.25) is 0 Å². The Hall–Kier alpha value is -2.42. The molecule has 2 nitrogen and oxygen atoms in total. The van der Waals surface area contributed by atoms with Crippen molar-refractivity contribution in [3.05, 3.63) is 131 Å². The van der Waals surface area contributed by atoms with Crippen molar-refractivity contribution < 1.29 is 27.3 Å². The van der Waals surface area contributed by atoms with Gasteiger partial charge < -0.3 is 69.9 Å². The van der Waals surface area contributed by atoms with E-state index in [4.69, 9.17) is 0 Å². The Morgan fingerprint density at radius 3 is 1.15 bits per heavy atom. The molecule has 0 unspecified atom stereocenters. The van der Waals surface area contributed by atoms with Gasteiger partial charge in [-0.05, 0) is 0 Å². The Labute approximate surface area is 171 Å². The molecule has 0 aliphatic rings. The fourth-order valence-electron chi connectivity index (χ4n) is 2.33. The SMILES string of the molecule is O[C@H](c1ccccc1)[c-]1[c-][c-][c-][c-]1.O[C@H](c1ccccc1)[c-]1[c-][c-][c-][c-]1.[Fe]. The summed E-state index contributed by atoms with van der Waals surface area (Å²) in [7, 11) is 0. The number of aliphatic hydroxyl groups excluding tert-OH is 2. The van der Waals surface area contributed by atoms with Crippen molar-refractivity contribution in [3.63, 3.8) is 0 Å². The molecule has 0 saturated heterocycles. The average molecular weight is 390 g/mol. The third kappa shape index (κ3) is 5.78. The molecule has 0 aliphatic carbocycles. The summed E-state index contributed by atoms with van der Waals surface area (Å²) in [6.45, 7) is 0. The minimum atomic E-state index is -0.663. The number of hydrogen-bond donors (Lipinski definition) is 2. The van der Waals surface area contributed by atoms with Crippen LogP contribution >= 0.6 is 0 Å². The summed E-state index contributed by atoms with van der Waals surface area (Å²) in [4.78, 5) is 0. The van der Waals surface area contributed by atoms with Crippen LogP contribution in [-0.2, 0) is 17.1 Å². The van der Waals surface area contributed by atoms with E-state index >= 15 is 0 Å². The van der Waals surface area contributed by atoms with Gasteiger partial charge in [-0.3, -0.25) is 0 Å². The van der Waals surface area contributed by atoms with Crippen LogP contribution in [-0.4, -0.2) is 10.2 Å².